The number of hydrogen-bond acceptors (Lipinski definition) is 27. The number of nitrogens with zero attached hydrogens (tertiary/aromatic N) is 1. The Labute approximate surface area is 399 Å². The topological polar surface area (TPSA) is 503 Å². The van der Waals surface area contributed by atoms with Gasteiger partial charge in [-0.15, -0.1) is 0 Å². The van der Waals surface area contributed by atoms with Crippen LogP contribution in [0.5, 0.6) is 0 Å². The fraction of sp³-hybridized carbons (Fsp3) is 0.686. The Morgan fingerprint density at radius 1 is 0.700 bits per heavy atom. The molecule has 0 aromatic carbocycles. The number of nitrogens with one attached hydrogen (secondary N) is 3. The van der Waals surface area contributed by atoms with Gasteiger partial charge >= 0.3 is 35.5 Å². The standard InChI is InChI=1S/C35H50N4O27P2.2H3N/c1-13(40)36-24-30(60-19(7)46)28(58-17(5)44)21(10-55-15(3)42)62-33(24)64-31-25(37-14(2)41)34(63-22(11-56-16(4)43)29(31)59-18(6)45)65-68(53,54)66-67(51,52)57-12-20-26(48)27(49)32(61-20)39-9-8-23(47)38-35(39)50;;/h8-9,20-22,24-34,48-49H,10-12H2,1-7H3,(H,36,40)(H,37,41)(H,51,52)(H,53,54)(H,38,47,50);2*1H3/t20-,21-,22-,24-,25-,26-,27-,28-,29-,30-,31-,32-,33+,34-;;/m1../s1/i2T3;;. The third kappa shape index (κ3) is 17.1. The second-order valence-electron chi connectivity index (χ2n) is 14.7. The van der Waals surface area contributed by atoms with Gasteiger partial charge < -0.3 is 90.1 Å². The van der Waals surface area contributed by atoms with E-state index >= 15 is 0 Å². The van der Waals surface area contributed by atoms with Crippen molar-refractivity contribution in [2.45, 2.75) is 134 Å². The van der Waals surface area contributed by atoms with E-state index in [-0.39, 0.29) is 12.3 Å². The number of phosphoric acid groups is 2. The van der Waals surface area contributed by atoms with Crippen LogP contribution in [0.25, 0.3) is 0 Å². The smallest absolute Gasteiger partial charge is 0.330 e. The molecule has 3 saturated heterocycles. The van der Waals surface area contributed by atoms with Crippen molar-refractivity contribution in [1.82, 2.24) is 32.5 Å². The highest BCUT2D eigenvalue weighted by Gasteiger charge is 2.57. The van der Waals surface area contributed by atoms with E-state index in [0.29, 0.717) is 4.57 Å². The number of hydrogen-bond donors (Lipinski definition) is 7. The minimum Gasteiger partial charge on any atom is -0.756 e. The summed E-state index contributed by atoms with van der Waals surface area (Å²) < 4.78 is 113. The maximum Gasteiger partial charge on any atom is 0.330 e. The molecule has 1 aromatic heterocycles. The summed E-state index contributed by atoms with van der Waals surface area (Å²) in [6.07, 6.45) is -23.6. The fourth-order valence-corrected chi connectivity index (χ4v) is 8.96. The van der Waals surface area contributed by atoms with Crippen LogP contribution < -0.4 is 44.0 Å². The zero-order chi connectivity index (χ0) is 53.5. The van der Waals surface area contributed by atoms with Crippen LogP contribution in [0, 0.1) is 0 Å². The highest BCUT2D eigenvalue weighted by Crippen LogP contribution is 2.57. The van der Waals surface area contributed by atoms with Gasteiger partial charge in [-0.3, -0.25) is 61.6 Å². The number of phosphoric ester groups is 2. The van der Waals surface area contributed by atoms with Gasteiger partial charge in [0.2, 0.25) is 11.8 Å². The van der Waals surface area contributed by atoms with Crippen molar-refractivity contribution in [2.75, 3.05) is 19.8 Å². The van der Waals surface area contributed by atoms with Gasteiger partial charge in [-0.1, -0.05) is 0 Å². The lowest BCUT2D eigenvalue weighted by molar-refractivity contribution is -0.329. The average molecular weight is 1060 g/mol. The van der Waals surface area contributed by atoms with E-state index in [4.69, 9.17) is 51.3 Å². The second kappa shape index (κ2) is 25.9. The number of esters is 5. The zero-order valence-corrected chi connectivity index (χ0v) is 40.1. The minimum atomic E-state index is -6.57. The number of ether oxygens (including phenoxy) is 9. The van der Waals surface area contributed by atoms with Crippen LogP contribution in [0.1, 0.15) is 58.7 Å². The number of carbonyl (C=O) groups is 7. The molecule has 1 aromatic rings. The lowest BCUT2D eigenvalue weighted by atomic mass is 9.94. The maximum atomic E-state index is 13.5. The molecule has 2 unspecified atom stereocenters. The van der Waals surface area contributed by atoms with Crippen molar-refractivity contribution in [3.05, 3.63) is 33.1 Å². The van der Waals surface area contributed by atoms with Crippen LogP contribution in [0.4, 0.5) is 0 Å². The number of aromatic amines is 1. The van der Waals surface area contributed by atoms with E-state index < -0.39 is 181 Å². The number of amides is 2. The number of aliphatic hydroxyl groups is 2. The summed E-state index contributed by atoms with van der Waals surface area (Å²) in [4.78, 5) is 140. The lowest BCUT2D eigenvalue weighted by Gasteiger charge is -2.50. The molecule has 3 aliphatic rings. The van der Waals surface area contributed by atoms with Crippen LogP contribution in [-0.2, 0) is 98.7 Å². The molecule has 4 rings (SSSR count). The molecule has 0 radical (unpaired) electrons. The average Bonchev–Trinajstić information content (AvgIpc) is 3.49. The zero-order valence-electron chi connectivity index (χ0n) is 41.3. The quantitative estimate of drug-likeness (QED) is 0.0391. The molecule has 33 nitrogen and oxygen atoms in total. The molecule has 3 aliphatic heterocycles. The van der Waals surface area contributed by atoms with Crippen LogP contribution in [0.15, 0.2) is 21.9 Å². The summed E-state index contributed by atoms with van der Waals surface area (Å²) in [5.41, 5.74) is -1.98. The number of rotatable bonds is 19. The first-order valence-corrected chi connectivity index (χ1v) is 22.5. The van der Waals surface area contributed by atoms with E-state index in [1.807, 2.05) is 10.3 Å². The molecule has 0 bridgehead atoms. The summed E-state index contributed by atoms with van der Waals surface area (Å²) in [5, 5.41) is 25.2. The van der Waals surface area contributed by atoms with E-state index in [2.05, 4.69) is 14.2 Å². The number of carbonyl (C=O) groups excluding carboxylic acids is 7. The minimum absolute atomic E-state index is 0. The maximum absolute atomic E-state index is 13.5. The van der Waals surface area contributed by atoms with Crippen molar-refractivity contribution in [3.63, 3.8) is 0 Å². The molecule has 2 amide bonds. The molecular weight excluding hydrogens is 998 g/mol. The number of aliphatic hydroxyl groups excluding tert-OH is 2. The number of quaternary nitrogens is 2. The molecule has 16 atom stereocenters. The number of H-pyrrole nitrogens is 1. The molecule has 0 saturated carbocycles. The van der Waals surface area contributed by atoms with Crippen molar-refractivity contribution >= 4 is 57.3 Å². The molecule has 398 valence electrons. The first-order chi connectivity index (χ1) is 32.8. The highest BCUT2D eigenvalue weighted by molar-refractivity contribution is 7.59. The monoisotopic (exact) mass is 1060 g/mol. The largest absolute Gasteiger partial charge is 0.756 e. The Kier molecular flexibility index (Phi) is 20.6. The molecule has 0 spiro atoms. The predicted octanol–water partition coefficient (Wildman–Crippen LogP) is -4.34. The van der Waals surface area contributed by atoms with Crippen molar-refractivity contribution in [3.8, 4) is 0 Å². The van der Waals surface area contributed by atoms with Gasteiger partial charge in [0.15, 0.2) is 37.1 Å². The molecule has 13 N–H and O–H groups in total. The molecular formula is C35H56N6O27P2. The normalized spacial score (nSPS) is 31.9. The van der Waals surface area contributed by atoms with Crippen LogP contribution >= 0.6 is 15.6 Å². The van der Waals surface area contributed by atoms with E-state index in [9.17, 15) is 72.3 Å². The van der Waals surface area contributed by atoms with Crippen LogP contribution in [0.2, 0.25) is 0 Å². The highest BCUT2D eigenvalue weighted by atomic mass is 31.3. The summed E-state index contributed by atoms with van der Waals surface area (Å²) in [6.45, 7) is -1.44. The lowest BCUT2D eigenvalue weighted by Crippen LogP contribution is -2.71. The third-order valence-electron chi connectivity index (χ3n) is 9.35. The Morgan fingerprint density at radius 3 is 1.70 bits per heavy atom. The Morgan fingerprint density at radius 2 is 1.20 bits per heavy atom. The van der Waals surface area contributed by atoms with Gasteiger partial charge in [-0.05, 0) is 0 Å². The predicted molar refractivity (Wildman–Crippen MR) is 220 cm³/mol. The first kappa shape index (κ1) is 55.8. The van der Waals surface area contributed by atoms with Crippen molar-refractivity contribution in [1.29, 1.82) is 0 Å². The van der Waals surface area contributed by atoms with Crippen LogP contribution in [0.3, 0.4) is 0 Å². The van der Waals surface area contributed by atoms with Gasteiger partial charge in [0, 0.05) is 64.8 Å². The fourth-order valence-electron chi connectivity index (χ4n) is 6.87. The van der Waals surface area contributed by atoms with E-state index in [1.54, 1.807) is 0 Å². The molecule has 70 heavy (non-hydrogen) atoms. The molecule has 4 heterocycles. The Balaban J connectivity index is 0.00000913. The summed E-state index contributed by atoms with van der Waals surface area (Å²) in [5.74, 6) is -8.20. The second-order valence-corrected chi connectivity index (χ2v) is 17.6. The van der Waals surface area contributed by atoms with E-state index in [0.717, 1.165) is 53.8 Å². The Hall–Kier alpha value is -5.09. The van der Waals surface area contributed by atoms with Crippen molar-refractivity contribution in [2.24, 2.45) is 0 Å². The van der Waals surface area contributed by atoms with Gasteiger partial charge in [-0.25, -0.2) is 9.11 Å². The van der Waals surface area contributed by atoms with Crippen LogP contribution in [-0.4, -0.2) is 161 Å². The summed E-state index contributed by atoms with van der Waals surface area (Å²) in [6, 6.07) is -3.52. The van der Waals surface area contributed by atoms with Gasteiger partial charge in [0.05, 0.1) is 6.61 Å². The summed E-state index contributed by atoms with van der Waals surface area (Å²) >= 11 is 0. The van der Waals surface area contributed by atoms with Gasteiger partial charge in [0.1, 0.15) is 61.9 Å². The number of aromatic nitrogens is 2. The molecule has 0 aliphatic carbocycles. The van der Waals surface area contributed by atoms with E-state index in [1.165, 1.54) is 0 Å². The van der Waals surface area contributed by atoms with Gasteiger partial charge in [-0.2, -0.15) is 0 Å². The first-order valence-electron chi connectivity index (χ1n) is 21.1. The molecule has 35 heteroatoms. The van der Waals surface area contributed by atoms with Gasteiger partial charge in [0.25, 0.3) is 21.2 Å². The summed E-state index contributed by atoms with van der Waals surface area (Å²) in [7, 11) is -12.8. The SMILES string of the molecule is [3H]C([3H])([3H])C(=O)N[C@H]1[C@@H](OP(=O)([O-])OP(=O)([O-])OC[C@H]2O[C@@H](n3ccc(=O)[nH]c3=O)[C@H](O)[C@@H]2O)O[C@H](COC(C)=O)[C@@H](OC(C)=O)[C@@H]1O[C@@H]1O[C@H](COC(C)=O)[C@@H](OC(C)=O)[C@H](OC(C)=O)[C@H]1NC(C)=O.[NH4+].[NH4+]. The third-order valence-corrected chi connectivity index (χ3v) is 11.9. The van der Waals surface area contributed by atoms with Crippen molar-refractivity contribution < 1.29 is 123 Å². The Bertz CT molecular complexity index is 2380. The molecule has 3 fully saturated rings.